The van der Waals surface area contributed by atoms with Crippen molar-refractivity contribution in [2.75, 3.05) is 5.32 Å². The first-order chi connectivity index (χ1) is 12.1. The van der Waals surface area contributed by atoms with E-state index in [0.717, 1.165) is 37.8 Å². The van der Waals surface area contributed by atoms with Crippen molar-refractivity contribution in [2.45, 2.75) is 37.8 Å². The highest BCUT2D eigenvalue weighted by atomic mass is 19.1. The topological polar surface area (TPSA) is 63.2 Å². The van der Waals surface area contributed by atoms with Gasteiger partial charge in [0.2, 0.25) is 5.88 Å². The van der Waals surface area contributed by atoms with Crippen LogP contribution in [0.25, 0.3) is 0 Å². The van der Waals surface area contributed by atoms with Crippen LogP contribution in [0.2, 0.25) is 0 Å². The Morgan fingerprint density at radius 2 is 1.76 bits per heavy atom. The number of anilines is 1. The van der Waals surface area contributed by atoms with E-state index >= 15 is 0 Å². The third-order valence-corrected chi connectivity index (χ3v) is 4.14. The summed E-state index contributed by atoms with van der Waals surface area (Å²) in [4.78, 5) is 16.1. The predicted octanol–water partition coefficient (Wildman–Crippen LogP) is 3.87. The zero-order valence-electron chi connectivity index (χ0n) is 13.5. The molecule has 0 radical (unpaired) electrons. The molecule has 0 saturated heterocycles. The Morgan fingerprint density at radius 3 is 2.40 bits per heavy atom. The van der Waals surface area contributed by atoms with Crippen LogP contribution in [-0.4, -0.2) is 23.2 Å². The van der Waals surface area contributed by atoms with Crippen LogP contribution < -0.4 is 15.4 Å². The Bertz CT molecular complexity index is 699. The summed E-state index contributed by atoms with van der Waals surface area (Å²) < 4.78 is 32.9. The number of hydrogen-bond acceptors (Lipinski definition) is 3. The van der Waals surface area contributed by atoms with Gasteiger partial charge in [-0.1, -0.05) is 12.1 Å². The van der Waals surface area contributed by atoms with E-state index < -0.39 is 23.4 Å². The molecule has 2 aromatic rings. The number of carbonyl (C=O) groups is 1. The van der Waals surface area contributed by atoms with Gasteiger partial charge < -0.3 is 15.4 Å². The second-order valence-corrected chi connectivity index (χ2v) is 5.95. The maximum Gasteiger partial charge on any atom is 0.319 e. The molecule has 1 aliphatic rings. The molecule has 1 fully saturated rings. The van der Waals surface area contributed by atoms with E-state index in [2.05, 4.69) is 15.6 Å². The minimum atomic E-state index is -0.803. The number of halogens is 2. The van der Waals surface area contributed by atoms with Gasteiger partial charge in [-0.05, 0) is 43.9 Å². The zero-order valence-corrected chi connectivity index (χ0v) is 13.5. The van der Waals surface area contributed by atoms with Crippen molar-refractivity contribution < 1.29 is 18.3 Å². The molecule has 2 amide bonds. The van der Waals surface area contributed by atoms with Crippen LogP contribution in [0.5, 0.6) is 5.88 Å². The van der Waals surface area contributed by atoms with Crippen molar-refractivity contribution in [2.24, 2.45) is 0 Å². The fourth-order valence-corrected chi connectivity index (χ4v) is 2.86. The van der Waals surface area contributed by atoms with Gasteiger partial charge in [0.25, 0.3) is 0 Å². The smallest absolute Gasteiger partial charge is 0.319 e. The molecule has 1 aromatic heterocycles. The number of hydrogen-bond donors (Lipinski definition) is 2. The van der Waals surface area contributed by atoms with Gasteiger partial charge in [-0.15, -0.1) is 0 Å². The molecule has 7 heteroatoms. The van der Waals surface area contributed by atoms with E-state index in [1.165, 1.54) is 6.07 Å². The van der Waals surface area contributed by atoms with Gasteiger partial charge in [0.05, 0.1) is 0 Å². The normalized spacial score (nSPS) is 19.9. The highest BCUT2D eigenvalue weighted by Crippen LogP contribution is 2.23. The van der Waals surface area contributed by atoms with Gasteiger partial charge in [0.1, 0.15) is 23.4 Å². The van der Waals surface area contributed by atoms with Crippen LogP contribution in [0, 0.1) is 11.6 Å². The van der Waals surface area contributed by atoms with Crippen molar-refractivity contribution in [3.05, 3.63) is 54.2 Å². The molecule has 0 bridgehead atoms. The van der Waals surface area contributed by atoms with E-state index in [9.17, 15) is 13.6 Å². The SMILES string of the molecule is O=C(Nc1c(F)cccc1F)NC1CCC(Oc2ccccn2)CC1. The number of ether oxygens (including phenoxy) is 1. The molecule has 132 valence electrons. The molecular formula is C18H19F2N3O2. The van der Waals surface area contributed by atoms with E-state index in [-0.39, 0.29) is 12.1 Å². The largest absolute Gasteiger partial charge is 0.474 e. The number of aromatic nitrogens is 1. The van der Waals surface area contributed by atoms with Crippen molar-refractivity contribution in [1.29, 1.82) is 0 Å². The number of urea groups is 1. The first-order valence-electron chi connectivity index (χ1n) is 8.21. The van der Waals surface area contributed by atoms with Crippen molar-refractivity contribution in [3.63, 3.8) is 0 Å². The molecular weight excluding hydrogens is 328 g/mol. The van der Waals surface area contributed by atoms with Crippen molar-refractivity contribution >= 4 is 11.7 Å². The molecule has 25 heavy (non-hydrogen) atoms. The second kappa shape index (κ2) is 7.92. The summed E-state index contributed by atoms with van der Waals surface area (Å²) in [6, 6.07) is 8.26. The summed E-state index contributed by atoms with van der Waals surface area (Å²) in [5, 5.41) is 4.99. The van der Waals surface area contributed by atoms with Gasteiger partial charge in [-0.3, -0.25) is 0 Å². The standard InChI is InChI=1S/C18H19F2N3O2/c19-14-4-3-5-15(20)17(14)23-18(24)22-12-7-9-13(10-8-12)25-16-6-1-2-11-21-16/h1-6,11-13H,7-10H2,(H2,22,23,24). The first kappa shape index (κ1) is 17.1. The molecule has 0 spiro atoms. The summed E-state index contributed by atoms with van der Waals surface area (Å²) in [6.45, 7) is 0. The summed E-state index contributed by atoms with van der Waals surface area (Å²) in [7, 11) is 0. The third kappa shape index (κ3) is 4.65. The molecule has 1 aliphatic carbocycles. The average Bonchev–Trinajstić information content (AvgIpc) is 2.61. The lowest BCUT2D eigenvalue weighted by molar-refractivity contribution is 0.135. The van der Waals surface area contributed by atoms with E-state index in [0.29, 0.717) is 5.88 Å². The summed E-state index contributed by atoms with van der Waals surface area (Å²) in [6.07, 6.45) is 4.73. The molecule has 0 aliphatic heterocycles. The Morgan fingerprint density at radius 1 is 1.04 bits per heavy atom. The van der Waals surface area contributed by atoms with E-state index in [4.69, 9.17) is 4.74 Å². The highest BCUT2D eigenvalue weighted by Gasteiger charge is 2.24. The molecule has 1 heterocycles. The third-order valence-electron chi connectivity index (χ3n) is 4.14. The van der Waals surface area contributed by atoms with Crippen LogP contribution in [0.15, 0.2) is 42.6 Å². The minimum absolute atomic E-state index is 0.0556. The van der Waals surface area contributed by atoms with E-state index in [1.54, 1.807) is 12.3 Å². The lowest BCUT2D eigenvalue weighted by Crippen LogP contribution is -2.42. The Hall–Kier alpha value is -2.70. The average molecular weight is 347 g/mol. The molecule has 1 saturated carbocycles. The van der Waals surface area contributed by atoms with Crippen molar-refractivity contribution in [1.82, 2.24) is 10.3 Å². The lowest BCUT2D eigenvalue weighted by atomic mass is 9.93. The Labute approximate surface area is 144 Å². The summed E-state index contributed by atoms with van der Waals surface area (Å²) >= 11 is 0. The molecule has 2 N–H and O–H groups in total. The monoisotopic (exact) mass is 347 g/mol. The minimum Gasteiger partial charge on any atom is -0.474 e. The van der Waals surface area contributed by atoms with Crippen molar-refractivity contribution in [3.8, 4) is 5.88 Å². The number of amides is 2. The maximum atomic E-state index is 13.5. The van der Waals surface area contributed by atoms with Crippen LogP contribution in [0.4, 0.5) is 19.3 Å². The van der Waals surface area contributed by atoms with Crippen LogP contribution in [0.1, 0.15) is 25.7 Å². The Kier molecular flexibility index (Phi) is 5.42. The number of nitrogens with zero attached hydrogens (tertiary/aromatic N) is 1. The van der Waals surface area contributed by atoms with Gasteiger partial charge in [0, 0.05) is 18.3 Å². The maximum absolute atomic E-state index is 13.5. The first-order valence-corrected chi connectivity index (χ1v) is 8.21. The fraction of sp³-hybridized carbons (Fsp3) is 0.333. The zero-order chi connectivity index (χ0) is 17.6. The lowest BCUT2D eigenvalue weighted by Gasteiger charge is -2.29. The number of rotatable bonds is 4. The molecule has 3 rings (SSSR count). The number of pyridine rings is 1. The molecule has 5 nitrogen and oxygen atoms in total. The fourth-order valence-electron chi connectivity index (χ4n) is 2.86. The van der Waals surface area contributed by atoms with Crippen LogP contribution >= 0.6 is 0 Å². The number of nitrogens with one attached hydrogen (secondary N) is 2. The van der Waals surface area contributed by atoms with Gasteiger partial charge in [-0.25, -0.2) is 18.6 Å². The number of benzene rings is 1. The Balaban J connectivity index is 1.46. The number of carbonyl (C=O) groups excluding carboxylic acids is 1. The van der Waals surface area contributed by atoms with Crippen LogP contribution in [0.3, 0.4) is 0 Å². The highest BCUT2D eigenvalue weighted by molar-refractivity contribution is 5.89. The van der Waals surface area contributed by atoms with Gasteiger partial charge in [0.15, 0.2) is 0 Å². The summed E-state index contributed by atoms with van der Waals surface area (Å²) in [5.74, 6) is -1.02. The number of para-hydroxylation sites is 1. The van der Waals surface area contributed by atoms with Crippen LogP contribution in [-0.2, 0) is 0 Å². The van der Waals surface area contributed by atoms with Gasteiger partial charge >= 0.3 is 6.03 Å². The molecule has 0 unspecified atom stereocenters. The van der Waals surface area contributed by atoms with E-state index in [1.807, 2.05) is 12.1 Å². The summed E-state index contributed by atoms with van der Waals surface area (Å²) in [5.41, 5.74) is -0.438. The quantitative estimate of drug-likeness (QED) is 0.882. The second-order valence-electron chi connectivity index (χ2n) is 5.95. The molecule has 0 atom stereocenters. The predicted molar refractivity (Wildman–Crippen MR) is 89.4 cm³/mol. The van der Waals surface area contributed by atoms with Gasteiger partial charge in [-0.2, -0.15) is 0 Å². The molecule has 1 aromatic carbocycles.